The summed E-state index contributed by atoms with van der Waals surface area (Å²) < 4.78 is 5.40. The van der Waals surface area contributed by atoms with Gasteiger partial charge in [0, 0.05) is 30.8 Å². The average molecular weight is 382 g/mol. The van der Waals surface area contributed by atoms with Crippen LogP contribution in [0, 0.1) is 5.92 Å². The van der Waals surface area contributed by atoms with Crippen molar-refractivity contribution in [1.29, 1.82) is 0 Å². The first kappa shape index (κ1) is 20.7. The van der Waals surface area contributed by atoms with Crippen LogP contribution in [0.1, 0.15) is 38.2 Å². The Morgan fingerprint density at radius 1 is 1.27 bits per heavy atom. The smallest absolute Gasteiger partial charge is 0.253 e. The van der Waals surface area contributed by atoms with Crippen molar-refractivity contribution in [3.63, 3.8) is 0 Å². The molecule has 2 saturated heterocycles. The molecule has 3 atom stereocenters. The van der Waals surface area contributed by atoms with Crippen molar-refractivity contribution in [2.24, 2.45) is 5.92 Å². The second-order valence-electron chi connectivity index (χ2n) is 6.99. The van der Waals surface area contributed by atoms with E-state index >= 15 is 0 Å². The van der Waals surface area contributed by atoms with E-state index in [1.54, 1.807) is 0 Å². The van der Waals surface area contributed by atoms with Gasteiger partial charge in [-0.3, -0.25) is 9.59 Å². The van der Waals surface area contributed by atoms with Crippen molar-refractivity contribution < 1.29 is 14.3 Å². The maximum Gasteiger partial charge on any atom is 0.253 e. The monoisotopic (exact) mass is 381 g/mol. The van der Waals surface area contributed by atoms with Crippen LogP contribution in [-0.4, -0.2) is 37.1 Å². The molecule has 2 aliphatic heterocycles. The molecule has 6 nitrogen and oxygen atoms in total. The van der Waals surface area contributed by atoms with E-state index in [-0.39, 0.29) is 36.2 Å². The number of hydrogen-bond acceptors (Lipinski definition) is 4. The molecule has 1 unspecified atom stereocenters. The summed E-state index contributed by atoms with van der Waals surface area (Å²) in [6.07, 6.45) is 3.12. The minimum Gasteiger partial charge on any atom is -0.368 e. The van der Waals surface area contributed by atoms with Crippen LogP contribution in [0.15, 0.2) is 24.3 Å². The van der Waals surface area contributed by atoms with E-state index in [2.05, 4.69) is 22.9 Å². The molecule has 1 aromatic rings. The lowest BCUT2D eigenvalue weighted by Crippen LogP contribution is -2.42. The number of carbonyl (C=O) groups is 2. The van der Waals surface area contributed by atoms with Gasteiger partial charge in [0.15, 0.2) is 0 Å². The molecular formula is C19H28ClN3O3. The molecule has 2 heterocycles. The van der Waals surface area contributed by atoms with Crippen molar-refractivity contribution in [3.05, 3.63) is 29.8 Å². The van der Waals surface area contributed by atoms with Crippen LogP contribution >= 0.6 is 12.4 Å². The third-order valence-electron chi connectivity index (χ3n) is 4.88. The van der Waals surface area contributed by atoms with Gasteiger partial charge in [0.25, 0.3) is 5.91 Å². The van der Waals surface area contributed by atoms with E-state index < -0.39 is 0 Å². The van der Waals surface area contributed by atoms with Crippen LogP contribution in [-0.2, 0) is 20.9 Å². The molecule has 0 spiro atoms. The predicted octanol–water partition coefficient (Wildman–Crippen LogP) is 2.23. The highest BCUT2D eigenvalue weighted by Crippen LogP contribution is 2.18. The van der Waals surface area contributed by atoms with Crippen molar-refractivity contribution in [2.75, 3.05) is 18.5 Å². The third-order valence-corrected chi connectivity index (χ3v) is 4.88. The molecule has 7 heteroatoms. The van der Waals surface area contributed by atoms with Crippen LogP contribution in [0.25, 0.3) is 0 Å². The number of amides is 2. The molecule has 0 aliphatic carbocycles. The number of carbonyl (C=O) groups excluding carboxylic acids is 2. The summed E-state index contributed by atoms with van der Waals surface area (Å²) in [4.78, 5) is 24.4. The Morgan fingerprint density at radius 2 is 2.12 bits per heavy atom. The first-order valence-electron chi connectivity index (χ1n) is 9.14. The second-order valence-corrected chi connectivity index (χ2v) is 6.99. The standard InChI is InChI=1S/C19H27N3O3.ClH/c1-13-10-15(7-8-20-13)18(23)21-12-14-4-2-5-16(11-14)22-19(24)17-6-3-9-25-17;/h2,4-5,11,13,15,17,20H,3,6-10,12H2,1H3,(H,21,23)(H,22,24);1H/t13-,15-,17?;/m0./s1. The van der Waals surface area contributed by atoms with Gasteiger partial charge >= 0.3 is 0 Å². The van der Waals surface area contributed by atoms with Crippen LogP contribution < -0.4 is 16.0 Å². The van der Waals surface area contributed by atoms with Gasteiger partial charge in [-0.2, -0.15) is 0 Å². The first-order chi connectivity index (χ1) is 12.1. The Hall–Kier alpha value is -1.63. The minimum atomic E-state index is -0.342. The minimum absolute atomic E-state index is 0. The zero-order chi connectivity index (χ0) is 17.6. The summed E-state index contributed by atoms with van der Waals surface area (Å²) in [7, 11) is 0. The Balaban J connectivity index is 0.00000243. The summed E-state index contributed by atoms with van der Waals surface area (Å²) in [6.45, 7) is 4.13. The Morgan fingerprint density at radius 3 is 2.85 bits per heavy atom. The van der Waals surface area contributed by atoms with Crippen molar-refractivity contribution >= 4 is 29.9 Å². The quantitative estimate of drug-likeness (QED) is 0.730. The summed E-state index contributed by atoms with van der Waals surface area (Å²) in [5.41, 5.74) is 1.71. The Bertz CT molecular complexity index is 620. The molecule has 0 saturated carbocycles. The molecule has 0 aromatic heterocycles. The van der Waals surface area contributed by atoms with E-state index in [0.717, 1.165) is 43.5 Å². The summed E-state index contributed by atoms with van der Waals surface area (Å²) in [6, 6.07) is 7.98. The van der Waals surface area contributed by atoms with Crippen molar-refractivity contribution in [2.45, 2.75) is 51.3 Å². The molecule has 144 valence electrons. The first-order valence-corrected chi connectivity index (χ1v) is 9.14. The normalized spacial score (nSPS) is 25.2. The lowest BCUT2D eigenvalue weighted by Gasteiger charge is -2.27. The number of nitrogens with one attached hydrogen (secondary N) is 3. The van der Waals surface area contributed by atoms with E-state index in [1.807, 2.05) is 24.3 Å². The molecule has 3 rings (SSSR count). The third kappa shape index (κ3) is 5.69. The van der Waals surface area contributed by atoms with Gasteiger partial charge < -0.3 is 20.7 Å². The lowest BCUT2D eigenvalue weighted by atomic mass is 9.92. The molecule has 1 aromatic carbocycles. The predicted molar refractivity (Wildman–Crippen MR) is 103 cm³/mol. The summed E-state index contributed by atoms with van der Waals surface area (Å²) in [5, 5.41) is 9.28. The number of anilines is 1. The molecule has 3 N–H and O–H groups in total. The molecular weight excluding hydrogens is 354 g/mol. The van der Waals surface area contributed by atoms with Crippen LogP contribution in [0.2, 0.25) is 0 Å². The summed E-state index contributed by atoms with van der Waals surface area (Å²) in [5.74, 6) is 0.100. The number of benzene rings is 1. The number of ether oxygens (including phenoxy) is 1. The fourth-order valence-corrected chi connectivity index (χ4v) is 3.47. The van der Waals surface area contributed by atoms with Gasteiger partial charge in [-0.1, -0.05) is 12.1 Å². The van der Waals surface area contributed by atoms with Crippen LogP contribution in [0.5, 0.6) is 0 Å². The van der Waals surface area contributed by atoms with Gasteiger partial charge in [0.05, 0.1) is 0 Å². The fourth-order valence-electron chi connectivity index (χ4n) is 3.47. The zero-order valence-electron chi connectivity index (χ0n) is 15.1. The second kappa shape index (κ2) is 9.90. The van der Waals surface area contributed by atoms with E-state index in [4.69, 9.17) is 4.74 Å². The van der Waals surface area contributed by atoms with Crippen LogP contribution in [0.4, 0.5) is 5.69 Å². The lowest BCUT2D eigenvalue weighted by molar-refractivity contribution is -0.126. The van der Waals surface area contributed by atoms with Gasteiger partial charge in [0.2, 0.25) is 5.91 Å². The van der Waals surface area contributed by atoms with Crippen molar-refractivity contribution in [3.8, 4) is 0 Å². The highest BCUT2D eigenvalue weighted by atomic mass is 35.5. The van der Waals surface area contributed by atoms with Gasteiger partial charge in [0.1, 0.15) is 6.10 Å². The van der Waals surface area contributed by atoms with Gasteiger partial charge in [-0.25, -0.2) is 0 Å². The maximum atomic E-state index is 12.3. The van der Waals surface area contributed by atoms with E-state index in [1.165, 1.54) is 0 Å². The van der Waals surface area contributed by atoms with Crippen molar-refractivity contribution in [1.82, 2.24) is 10.6 Å². The van der Waals surface area contributed by atoms with Gasteiger partial charge in [-0.05, 0) is 56.8 Å². The van der Waals surface area contributed by atoms with Gasteiger partial charge in [-0.15, -0.1) is 12.4 Å². The topological polar surface area (TPSA) is 79.5 Å². The molecule has 2 amide bonds. The number of halogens is 1. The number of hydrogen-bond donors (Lipinski definition) is 3. The SMILES string of the molecule is C[C@H]1C[C@@H](C(=O)NCc2cccc(NC(=O)C3CCCO3)c2)CCN1.Cl. The highest BCUT2D eigenvalue weighted by molar-refractivity contribution is 5.94. The fraction of sp³-hybridized carbons (Fsp3) is 0.579. The molecule has 0 radical (unpaired) electrons. The molecule has 2 fully saturated rings. The molecule has 0 bridgehead atoms. The zero-order valence-corrected chi connectivity index (χ0v) is 15.9. The molecule has 26 heavy (non-hydrogen) atoms. The van der Waals surface area contributed by atoms with E-state index in [0.29, 0.717) is 19.2 Å². The average Bonchev–Trinajstić information content (AvgIpc) is 3.15. The maximum absolute atomic E-state index is 12.3. The molecule has 2 aliphatic rings. The summed E-state index contributed by atoms with van der Waals surface area (Å²) >= 11 is 0. The Kier molecular flexibility index (Phi) is 7.87. The number of piperidine rings is 1. The largest absolute Gasteiger partial charge is 0.368 e. The Labute approximate surface area is 160 Å². The van der Waals surface area contributed by atoms with E-state index in [9.17, 15) is 9.59 Å². The van der Waals surface area contributed by atoms with Crippen LogP contribution in [0.3, 0.4) is 0 Å². The number of rotatable bonds is 5. The highest BCUT2D eigenvalue weighted by Gasteiger charge is 2.25.